The first kappa shape index (κ1) is 20.6. The smallest absolute Gasteiger partial charge is 0.269 e. The van der Waals surface area contributed by atoms with Gasteiger partial charge in [-0.1, -0.05) is 12.6 Å². The van der Waals surface area contributed by atoms with Crippen LogP contribution < -0.4 is 10.6 Å². The number of H-pyrrole nitrogens is 1. The average Bonchev–Trinajstić information content (AvgIpc) is 3.26. The third kappa shape index (κ3) is 3.89. The number of nitrogens with two attached hydrogens (primary N) is 1. The van der Waals surface area contributed by atoms with Gasteiger partial charge in [-0.05, 0) is 60.3 Å². The molecule has 2 heterocycles. The van der Waals surface area contributed by atoms with Crippen LogP contribution in [-0.4, -0.2) is 46.4 Å². The molecule has 8 heteroatoms. The van der Waals surface area contributed by atoms with Gasteiger partial charge in [0.2, 0.25) is 5.91 Å². The lowest BCUT2D eigenvalue weighted by molar-refractivity contribution is -0.384. The van der Waals surface area contributed by atoms with Gasteiger partial charge in [-0.25, -0.2) is 0 Å². The number of nitrogens with zero attached hydrogens (tertiary/aromatic N) is 3. The molecule has 0 spiro atoms. The molecule has 1 aliphatic rings. The van der Waals surface area contributed by atoms with E-state index >= 15 is 0 Å². The molecule has 2 unspecified atom stereocenters. The number of anilines is 1. The molecule has 1 aromatic heterocycles. The fraction of sp³-hybridized carbons (Fsp3) is 0.261. The number of amides is 1. The quantitative estimate of drug-likeness (QED) is 0.362. The number of rotatable bonds is 6. The third-order valence-corrected chi connectivity index (χ3v) is 5.91. The lowest BCUT2D eigenvalue weighted by Crippen LogP contribution is -2.57. The van der Waals surface area contributed by atoms with E-state index in [9.17, 15) is 14.9 Å². The number of fused-ring (bicyclic) bond motifs is 1. The van der Waals surface area contributed by atoms with Crippen LogP contribution in [0, 0.1) is 10.1 Å². The Labute approximate surface area is 180 Å². The normalized spacial score (nSPS) is 18.9. The molecule has 0 aliphatic carbocycles. The van der Waals surface area contributed by atoms with Crippen molar-refractivity contribution in [2.45, 2.75) is 18.5 Å². The van der Waals surface area contributed by atoms with E-state index in [0.717, 1.165) is 22.2 Å². The second kappa shape index (κ2) is 8.61. The van der Waals surface area contributed by atoms with E-state index in [1.165, 1.54) is 18.2 Å². The van der Waals surface area contributed by atoms with Crippen LogP contribution in [0.5, 0.6) is 0 Å². The largest absolute Gasteiger partial charge is 0.364 e. The predicted octanol–water partition coefficient (Wildman–Crippen LogP) is 3.37. The molecule has 0 radical (unpaired) electrons. The monoisotopic (exact) mass is 419 g/mol. The van der Waals surface area contributed by atoms with Gasteiger partial charge < -0.3 is 20.5 Å². The zero-order valence-electron chi connectivity index (χ0n) is 17.1. The van der Waals surface area contributed by atoms with E-state index < -0.39 is 4.92 Å². The summed E-state index contributed by atoms with van der Waals surface area (Å²) in [7, 11) is 0. The Hall–Kier alpha value is -3.65. The number of nitro benzene ring substituents is 1. The van der Waals surface area contributed by atoms with E-state index in [1.807, 2.05) is 29.3 Å². The summed E-state index contributed by atoms with van der Waals surface area (Å²) in [4.78, 5) is 30.6. The highest BCUT2D eigenvalue weighted by Gasteiger charge is 2.39. The van der Waals surface area contributed by atoms with Crippen molar-refractivity contribution in [2.24, 2.45) is 5.73 Å². The minimum Gasteiger partial charge on any atom is -0.364 e. The summed E-state index contributed by atoms with van der Waals surface area (Å²) in [5, 5.41) is 12.1. The van der Waals surface area contributed by atoms with Crippen LogP contribution in [0.4, 0.5) is 11.4 Å². The minimum absolute atomic E-state index is 0.0501. The van der Waals surface area contributed by atoms with E-state index in [0.29, 0.717) is 26.1 Å². The van der Waals surface area contributed by atoms with Gasteiger partial charge in [0.1, 0.15) is 0 Å². The molecule has 2 aromatic carbocycles. The highest BCUT2D eigenvalue weighted by atomic mass is 16.6. The first-order chi connectivity index (χ1) is 15.0. The maximum atomic E-state index is 12.8. The molecule has 2 atom stereocenters. The zero-order valence-corrected chi connectivity index (χ0v) is 17.1. The topological polar surface area (TPSA) is 108 Å². The van der Waals surface area contributed by atoms with Crippen LogP contribution in [0.3, 0.4) is 0 Å². The van der Waals surface area contributed by atoms with Gasteiger partial charge in [0.05, 0.1) is 17.0 Å². The molecular formula is C23H25N5O3. The maximum Gasteiger partial charge on any atom is 0.269 e. The number of aromatic amines is 1. The molecule has 0 saturated carbocycles. The number of hydrogen-bond donors (Lipinski definition) is 2. The summed E-state index contributed by atoms with van der Waals surface area (Å²) in [6, 6.07) is 14.4. The van der Waals surface area contributed by atoms with Gasteiger partial charge in [-0.3, -0.25) is 14.9 Å². The number of aromatic nitrogens is 1. The average molecular weight is 419 g/mol. The number of benzene rings is 2. The molecule has 1 fully saturated rings. The number of carbonyl (C=O) groups excluding carboxylic acids is 1. The summed E-state index contributed by atoms with van der Waals surface area (Å²) in [6.45, 7) is 5.25. The Morgan fingerprint density at radius 1 is 1.23 bits per heavy atom. The lowest BCUT2D eigenvalue weighted by atomic mass is 9.90. The molecule has 31 heavy (non-hydrogen) atoms. The Morgan fingerprint density at radius 2 is 2.00 bits per heavy atom. The molecule has 3 aromatic rings. The summed E-state index contributed by atoms with van der Waals surface area (Å²) in [5.41, 5.74) is 8.97. The number of nitrogens with one attached hydrogen (secondary N) is 1. The Balaban J connectivity index is 1.77. The van der Waals surface area contributed by atoms with Gasteiger partial charge in [0.25, 0.3) is 5.69 Å². The molecule has 0 bridgehead atoms. The van der Waals surface area contributed by atoms with E-state index in [4.69, 9.17) is 5.73 Å². The van der Waals surface area contributed by atoms with Crippen LogP contribution in [-0.2, 0) is 4.79 Å². The number of hydrogen-bond acceptors (Lipinski definition) is 5. The van der Waals surface area contributed by atoms with Crippen LogP contribution in [0.2, 0.25) is 0 Å². The lowest BCUT2D eigenvalue weighted by Gasteiger charge is -2.49. The molecule has 1 aliphatic heterocycles. The van der Waals surface area contributed by atoms with Crippen molar-refractivity contribution >= 4 is 28.2 Å². The third-order valence-electron chi connectivity index (χ3n) is 5.91. The SMILES string of the molecule is C=CC(=O)N1CCN(c2ccc([N+](=O)[O-])cc2)C(CCN)C1c1ccc2[nH]ccc2c1. The fourth-order valence-corrected chi connectivity index (χ4v) is 4.49. The van der Waals surface area contributed by atoms with Crippen molar-refractivity contribution in [3.63, 3.8) is 0 Å². The molecule has 1 amide bonds. The van der Waals surface area contributed by atoms with Gasteiger partial charge >= 0.3 is 0 Å². The predicted molar refractivity (Wildman–Crippen MR) is 121 cm³/mol. The van der Waals surface area contributed by atoms with Gasteiger partial charge in [0.15, 0.2) is 0 Å². The molecule has 4 rings (SSSR count). The maximum absolute atomic E-state index is 12.8. The molecule has 3 N–H and O–H groups in total. The van der Waals surface area contributed by atoms with Crippen molar-refractivity contribution in [1.29, 1.82) is 0 Å². The van der Waals surface area contributed by atoms with Crippen molar-refractivity contribution in [3.8, 4) is 0 Å². The number of nitro groups is 1. The Kier molecular flexibility index (Phi) is 5.73. The van der Waals surface area contributed by atoms with Gasteiger partial charge in [-0.2, -0.15) is 0 Å². The van der Waals surface area contributed by atoms with Crippen LogP contribution in [0.1, 0.15) is 18.0 Å². The van der Waals surface area contributed by atoms with Gasteiger partial charge in [0, 0.05) is 42.6 Å². The van der Waals surface area contributed by atoms with Crippen molar-refractivity contribution < 1.29 is 9.72 Å². The number of piperazine rings is 1. The Morgan fingerprint density at radius 3 is 2.68 bits per heavy atom. The molecule has 8 nitrogen and oxygen atoms in total. The minimum atomic E-state index is -0.406. The first-order valence-corrected chi connectivity index (χ1v) is 10.2. The summed E-state index contributed by atoms with van der Waals surface area (Å²) in [5.74, 6) is -0.121. The summed E-state index contributed by atoms with van der Waals surface area (Å²) >= 11 is 0. The fourth-order valence-electron chi connectivity index (χ4n) is 4.49. The van der Waals surface area contributed by atoms with E-state index in [2.05, 4.69) is 22.5 Å². The standard InChI is InChI=1S/C23H25N5O3/c1-2-22(29)27-14-13-26(18-4-6-19(7-5-18)28(30)31)21(9-11-24)23(27)17-3-8-20-16(15-17)10-12-25-20/h2-8,10,12,15,21,23,25H,1,9,11,13-14,24H2. The second-order valence-electron chi connectivity index (χ2n) is 7.62. The Bertz CT molecular complexity index is 1110. The van der Waals surface area contributed by atoms with Crippen molar-refractivity contribution in [3.05, 3.63) is 83.1 Å². The van der Waals surface area contributed by atoms with Crippen LogP contribution in [0.25, 0.3) is 10.9 Å². The van der Waals surface area contributed by atoms with Crippen LogP contribution in [0.15, 0.2) is 67.4 Å². The zero-order chi connectivity index (χ0) is 22.0. The van der Waals surface area contributed by atoms with Crippen molar-refractivity contribution in [2.75, 3.05) is 24.5 Å². The van der Waals surface area contributed by atoms with E-state index in [1.54, 1.807) is 12.1 Å². The van der Waals surface area contributed by atoms with Crippen LogP contribution >= 0.6 is 0 Å². The highest BCUT2D eigenvalue weighted by Crippen LogP contribution is 2.37. The molecule has 1 saturated heterocycles. The number of non-ortho nitro benzene ring substituents is 1. The van der Waals surface area contributed by atoms with Crippen molar-refractivity contribution in [1.82, 2.24) is 9.88 Å². The molecule has 160 valence electrons. The highest BCUT2D eigenvalue weighted by molar-refractivity contribution is 5.88. The van der Waals surface area contributed by atoms with E-state index in [-0.39, 0.29) is 23.7 Å². The summed E-state index contributed by atoms with van der Waals surface area (Å²) < 4.78 is 0. The number of carbonyl (C=O) groups is 1. The van der Waals surface area contributed by atoms with Gasteiger partial charge in [-0.15, -0.1) is 0 Å². The molecular weight excluding hydrogens is 394 g/mol. The first-order valence-electron chi connectivity index (χ1n) is 10.2. The second-order valence-corrected chi connectivity index (χ2v) is 7.62. The summed E-state index contributed by atoms with van der Waals surface area (Å²) in [6.07, 6.45) is 3.90.